The lowest BCUT2D eigenvalue weighted by atomic mass is 10.2. The van der Waals surface area contributed by atoms with E-state index in [1.165, 1.54) is 6.33 Å². The van der Waals surface area contributed by atoms with E-state index >= 15 is 0 Å². The summed E-state index contributed by atoms with van der Waals surface area (Å²) in [5.74, 6) is 1.71. The Labute approximate surface area is 136 Å². The summed E-state index contributed by atoms with van der Waals surface area (Å²) in [5.41, 5.74) is 0.754. The summed E-state index contributed by atoms with van der Waals surface area (Å²) < 4.78 is 5.56. The fourth-order valence-corrected chi connectivity index (χ4v) is 3.14. The van der Waals surface area contributed by atoms with Gasteiger partial charge in [0.2, 0.25) is 11.8 Å². The first kappa shape index (κ1) is 14.3. The van der Waals surface area contributed by atoms with Crippen LogP contribution in [0.15, 0.2) is 28.9 Å². The van der Waals surface area contributed by atoms with Gasteiger partial charge < -0.3 is 14.4 Å². The summed E-state index contributed by atoms with van der Waals surface area (Å²) in [4.78, 5) is 10.6. The summed E-state index contributed by atoms with van der Waals surface area (Å²) in [6.45, 7) is 2.19. The van der Waals surface area contributed by atoms with E-state index in [0.29, 0.717) is 29.8 Å². The van der Waals surface area contributed by atoms with Gasteiger partial charge in [0, 0.05) is 30.3 Å². The summed E-state index contributed by atoms with van der Waals surface area (Å²) in [6.07, 6.45) is 1.53. The normalized spacial score (nSPS) is 21.3. The molecular weight excluding hydrogens is 318 g/mol. The van der Waals surface area contributed by atoms with E-state index in [4.69, 9.17) is 16.0 Å². The Morgan fingerprint density at radius 3 is 2.96 bits per heavy atom. The van der Waals surface area contributed by atoms with E-state index in [-0.39, 0.29) is 6.04 Å². The van der Waals surface area contributed by atoms with E-state index < -0.39 is 6.10 Å². The van der Waals surface area contributed by atoms with Gasteiger partial charge in [-0.15, -0.1) is 10.2 Å². The molecule has 0 unspecified atom stereocenters. The highest BCUT2D eigenvalue weighted by molar-refractivity contribution is 6.31. The minimum absolute atomic E-state index is 0.208. The maximum Gasteiger partial charge on any atom is 0.238 e. The van der Waals surface area contributed by atoms with Crippen LogP contribution in [0.2, 0.25) is 5.02 Å². The summed E-state index contributed by atoms with van der Waals surface area (Å²) >= 11 is 6.03. The zero-order valence-electron chi connectivity index (χ0n) is 12.3. The van der Waals surface area contributed by atoms with Gasteiger partial charge >= 0.3 is 0 Å². The SMILES string of the molecule is Cc1nnc([C@H]2C[C@@H](O)CN2c2ncnc3cc(Cl)ccc23)o1. The number of hydrogen-bond acceptors (Lipinski definition) is 7. The van der Waals surface area contributed by atoms with Gasteiger partial charge in [0.1, 0.15) is 18.2 Å². The first-order valence-corrected chi connectivity index (χ1v) is 7.64. The molecule has 0 aliphatic carbocycles. The molecule has 8 heteroatoms. The van der Waals surface area contributed by atoms with Crippen LogP contribution in [0.5, 0.6) is 0 Å². The Balaban J connectivity index is 1.82. The Hall–Kier alpha value is -2.25. The van der Waals surface area contributed by atoms with Crippen molar-refractivity contribution >= 4 is 28.3 Å². The average molecular weight is 332 g/mol. The standard InChI is InChI=1S/C15H14ClN5O2/c1-8-19-20-15(23-8)13-5-10(22)6-21(13)14-11-3-2-9(16)4-12(11)17-7-18-14/h2-4,7,10,13,22H,5-6H2,1H3/t10-,13-/m1/s1. The highest BCUT2D eigenvalue weighted by Gasteiger charge is 2.37. The third-order valence-electron chi connectivity index (χ3n) is 3.96. The molecule has 118 valence electrons. The number of halogens is 1. The Morgan fingerprint density at radius 1 is 1.30 bits per heavy atom. The average Bonchev–Trinajstić information content (AvgIpc) is 3.12. The van der Waals surface area contributed by atoms with Gasteiger partial charge in [-0.2, -0.15) is 0 Å². The molecule has 3 heterocycles. The van der Waals surface area contributed by atoms with E-state index in [1.807, 2.05) is 11.0 Å². The lowest BCUT2D eigenvalue weighted by Gasteiger charge is -2.23. The third-order valence-corrected chi connectivity index (χ3v) is 4.19. The molecule has 4 rings (SSSR count). The number of fused-ring (bicyclic) bond motifs is 1. The molecule has 1 aliphatic rings. The zero-order valence-corrected chi connectivity index (χ0v) is 13.1. The molecule has 0 bridgehead atoms. The van der Waals surface area contributed by atoms with Crippen LogP contribution in [0.1, 0.15) is 24.2 Å². The number of β-amino-alcohol motifs (C(OH)–C–C–N with tert-alkyl or cyclic N) is 1. The molecule has 1 N–H and O–H groups in total. The topological polar surface area (TPSA) is 88.2 Å². The fourth-order valence-electron chi connectivity index (χ4n) is 2.97. The van der Waals surface area contributed by atoms with Crippen molar-refractivity contribution in [1.82, 2.24) is 20.2 Å². The maximum atomic E-state index is 10.1. The number of aliphatic hydroxyl groups is 1. The van der Waals surface area contributed by atoms with Crippen LogP contribution in [0.3, 0.4) is 0 Å². The van der Waals surface area contributed by atoms with E-state index in [2.05, 4.69) is 20.2 Å². The number of rotatable bonds is 2. The van der Waals surface area contributed by atoms with Crippen molar-refractivity contribution < 1.29 is 9.52 Å². The van der Waals surface area contributed by atoms with Gasteiger partial charge in [-0.3, -0.25) is 0 Å². The molecule has 1 fully saturated rings. The lowest BCUT2D eigenvalue weighted by Crippen LogP contribution is -2.25. The summed E-state index contributed by atoms with van der Waals surface area (Å²) in [6, 6.07) is 5.27. The van der Waals surface area contributed by atoms with Gasteiger partial charge in [0.15, 0.2) is 0 Å². The van der Waals surface area contributed by atoms with Crippen LogP contribution in [0.25, 0.3) is 10.9 Å². The zero-order chi connectivity index (χ0) is 16.0. The van der Waals surface area contributed by atoms with Crippen LogP contribution in [-0.4, -0.2) is 37.9 Å². The fraction of sp³-hybridized carbons (Fsp3) is 0.333. The van der Waals surface area contributed by atoms with Gasteiger partial charge in [0.05, 0.1) is 11.6 Å². The van der Waals surface area contributed by atoms with E-state index in [9.17, 15) is 5.11 Å². The van der Waals surface area contributed by atoms with E-state index in [1.54, 1.807) is 19.1 Å². The van der Waals surface area contributed by atoms with Crippen molar-refractivity contribution in [3.05, 3.63) is 41.3 Å². The highest BCUT2D eigenvalue weighted by Crippen LogP contribution is 2.37. The molecule has 2 aromatic heterocycles. The minimum atomic E-state index is -0.482. The van der Waals surface area contributed by atoms with Crippen molar-refractivity contribution in [1.29, 1.82) is 0 Å². The minimum Gasteiger partial charge on any atom is -0.423 e. The quantitative estimate of drug-likeness (QED) is 0.770. The maximum absolute atomic E-state index is 10.1. The Bertz CT molecular complexity index is 868. The second kappa shape index (κ2) is 5.43. The van der Waals surface area contributed by atoms with Crippen LogP contribution in [-0.2, 0) is 0 Å². The monoisotopic (exact) mass is 331 g/mol. The van der Waals surface area contributed by atoms with Gasteiger partial charge in [-0.25, -0.2) is 9.97 Å². The molecule has 0 radical (unpaired) electrons. The van der Waals surface area contributed by atoms with Crippen molar-refractivity contribution in [3.63, 3.8) is 0 Å². The predicted molar refractivity (Wildman–Crippen MR) is 84.3 cm³/mol. The number of anilines is 1. The molecule has 0 saturated carbocycles. The highest BCUT2D eigenvalue weighted by atomic mass is 35.5. The Kier molecular flexibility index (Phi) is 3.39. The number of aromatic nitrogens is 4. The van der Waals surface area contributed by atoms with Crippen LogP contribution in [0, 0.1) is 6.92 Å². The van der Waals surface area contributed by atoms with Crippen molar-refractivity contribution in [2.45, 2.75) is 25.5 Å². The molecule has 2 atom stereocenters. The molecule has 1 saturated heterocycles. The number of aliphatic hydroxyl groups excluding tert-OH is 1. The molecule has 3 aromatic rings. The predicted octanol–water partition coefficient (Wildman–Crippen LogP) is 2.29. The number of hydrogen-bond donors (Lipinski definition) is 1. The van der Waals surface area contributed by atoms with Crippen molar-refractivity contribution in [2.75, 3.05) is 11.4 Å². The first-order valence-electron chi connectivity index (χ1n) is 7.27. The lowest BCUT2D eigenvalue weighted by molar-refractivity contribution is 0.192. The molecular formula is C15H14ClN5O2. The largest absolute Gasteiger partial charge is 0.423 e. The van der Waals surface area contributed by atoms with Gasteiger partial charge in [-0.05, 0) is 18.2 Å². The third kappa shape index (κ3) is 2.51. The van der Waals surface area contributed by atoms with Gasteiger partial charge in [0.25, 0.3) is 0 Å². The summed E-state index contributed by atoms with van der Waals surface area (Å²) in [5, 5.41) is 19.6. The molecule has 7 nitrogen and oxygen atoms in total. The van der Waals surface area contributed by atoms with Crippen LogP contribution < -0.4 is 4.90 Å². The van der Waals surface area contributed by atoms with Crippen molar-refractivity contribution in [2.24, 2.45) is 0 Å². The van der Waals surface area contributed by atoms with Crippen molar-refractivity contribution in [3.8, 4) is 0 Å². The molecule has 0 amide bonds. The second-order valence-electron chi connectivity index (χ2n) is 5.58. The molecule has 1 aliphatic heterocycles. The molecule has 0 spiro atoms. The first-order chi connectivity index (χ1) is 11.1. The van der Waals surface area contributed by atoms with Crippen LogP contribution >= 0.6 is 11.6 Å². The van der Waals surface area contributed by atoms with Gasteiger partial charge in [-0.1, -0.05) is 11.6 Å². The van der Waals surface area contributed by atoms with Crippen LogP contribution in [0.4, 0.5) is 5.82 Å². The second-order valence-corrected chi connectivity index (χ2v) is 6.01. The van der Waals surface area contributed by atoms with E-state index in [0.717, 1.165) is 16.7 Å². The smallest absolute Gasteiger partial charge is 0.238 e. The molecule has 23 heavy (non-hydrogen) atoms. The Morgan fingerprint density at radius 2 is 2.17 bits per heavy atom. The molecule has 1 aromatic carbocycles. The summed E-state index contributed by atoms with van der Waals surface area (Å²) in [7, 11) is 0. The number of aryl methyl sites for hydroxylation is 1. The number of nitrogens with zero attached hydrogens (tertiary/aromatic N) is 5. The number of benzene rings is 1.